The van der Waals surface area contributed by atoms with Crippen LogP contribution in [0.4, 0.5) is 0 Å². The third-order valence-electron chi connectivity index (χ3n) is 2.80. The van der Waals surface area contributed by atoms with Gasteiger partial charge in [0.25, 0.3) is 0 Å². The molecule has 0 aliphatic rings. The van der Waals surface area contributed by atoms with Crippen LogP contribution in [-0.2, 0) is 16.6 Å². The number of carbonyl (C=O) groups is 1. The summed E-state index contributed by atoms with van der Waals surface area (Å²) in [5, 5.41) is 15.0. The van der Waals surface area contributed by atoms with Gasteiger partial charge in [-0.1, -0.05) is 12.1 Å². The largest absolute Gasteiger partial charge is 0.467 e. The van der Waals surface area contributed by atoms with Crippen LogP contribution in [0.3, 0.4) is 0 Å². The van der Waals surface area contributed by atoms with Crippen molar-refractivity contribution in [2.24, 2.45) is 7.05 Å². The van der Waals surface area contributed by atoms with Gasteiger partial charge in [-0.2, -0.15) is 5.10 Å². The molecule has 0 saturated carbocycles. The molecule has 0 fully saturated rings. The number of hydrogen-bond acceptors (Lipinski definition) is 4. The first kappa shape index (κ1) is 11.6. The number of ether oxygens (including phenoxy) is 1. The minimum absolute atomic E-state index is 0.507. The Morgan fingerprint density at radius 3 is 2.88 bits per heavy atom. The van der Waals surface area contributed by atoms with Crippen molar-refractivity contribution >= 4 is 16.9 Å². The number of benzene rings is 1. The van der Waals surface area contributed by atoms with E-state index in [1.54, 1.807) is 16.8 Å². The molecule has 0 bridgehead atoms. The zero-order valence-corrected chi connectivity index (χ0v) is 9.97. The number of aliphatic hydroxyl groups is 1. The molecule has 1 N–H and O–H groups in total. The molecule has 5 nitrogen and oxygen atoms in total. The number of rotatable bonds is 2. The van der Waals surface area contributed by atoms with Crippen LogP contribution in [0.15, 0.2) is 18.2 Å². The molecule has 17 heavy (non-hydrogen) atoms. The fourth-order valence-electron chi connectivity index (χ4n) is 1.87. The Balaban J connectivity index is 2.51. The molecule has 0 radical (unpaired) electrons. The van der Waals surface area contributed by atoms with Crippen molar-refractivity contribution in [3.8, 4) is 0 Å². The van der Waals surface area contributed by atoms with Crippen LogP contribution in [0.2, 0.25) is 0 Å². The molecule has 0 spiro atoms. The van der Waals surface area contributed by atoms with E-state index in [1.807, 2.05) is 20.0 Å². The molecule has 0 amide bonds. The molecule has 0 aliphatic heterocycles. The lowest BCUT2D eigenvalue weighted by Crippen LogP contribution is -2.13. The van der Waals surface area contributed by atoms with E-state index >= 15 is 0 Å². The van der Waals surface area contributed by atoms with Gasteiger partial charge in [0.15, 0.2) is 6.10 Å². The number of carbonyl (C=O) groups excluding carboxylic acids is 1. The average molecular weight is 234 g/mol. The molecule has 0 saturated heterocycles. The van der Waals surface area contributed by atoms with E-state index in [1.165, 1.54) is 7.11 Å². The van der Waals surface area contributed by atoms with E-state index in [9.17, 15) is 9.90 Å². The normalized spacial score (nSPS) is 12.7. The van der Waals surface area contributed by atoms with Crippen LogP contribution in [0, 0.1) is 6.92 Å². The summed E-state index contributed by atoms with van der Waals surface area (Å²) < 4.78 is 6.22. The highest BCUT2D eigenvalue weighted by molar-refractivity contribution is 5.84. The smallest absolute Gasteiger partial charge is 0.339 e. The van der Waals surface area contributed by atoms with Crippen LogP contribution in [0.5, 0.6) is 0 Å². The van der Waals surface area contributed by atoms with Crippen molar-refractivity contribution in [3.05, 3.63) is 29.5 Å². The van der Waals surface area contributed by atoms with E-state index in [2.05, 4.69) is 9.84 Å². The number of hydrogen-bond donors (Lipinski definition) is 1. The predicted octanol–water partition coefficient (Wildman–Crippen LogP) is 1.09. The van der Waals surface area contributed by atoms with E-state index in [4.69, 9.17) is 0 Å². The maximum atomic E-state index is 11.2. The van der Waals surface area contributed by atoms with Gasteiger partial charge in [0, 0.05) is 12.4 Å². The number of esters is 1. The summed E-state index contributed by atoms with van der Waals surface area (Å²) in [5.41, 5.74) is 2.30. The Hall–Kier alpha value is -1.88. The SMILES string of the molecule is COC(=O)C(O)c1ccc2c(C)nn(C)c2c1. The van der Waals surface area contributed by atoms with Gasteiger partial charge in [0.1, 0.15) is 0 Å². The summed E-state index contributed by atoms with van der Waals surface area (Å²) in [5.74, 6) is -0.664. The molecular formula is C12H14N2O3. The van der Waals surface area contributed by atoms with E-state index in [-0.39, 0.29) is 0 Å². The van der Waals surface area contributed by atoms with Crippen LogP contribution in [0.1, 0.15) is 17.4 Å². The molecule has 1 unspecified atom stereocenters. The molecule has 2 rings (SSSR count). The van der Waals surface area contributed by atoms with Crippen molar-refractivity contribution in [3.63, 3.8) is 0 Å². The van der Waals surface area contributed by atoms with Gasteiger partial charge in [0.05, 0.1) is 18.3 Å². The Morgan fingerprint density at radius 2 is 2.24 bits per heavy atom. The van der Waals surface area contributed by atoms with Crippen LogP contribution < -0.4 is 0 Å². The van der Waals surface area contributed by atoms with Gasteiger partial charge in [-0.25, -0.2) is 4.79 Å². The van der Waals surface area contributed by atoms with Gasteiger partial charge in [-0.05, 0) is 18.6 Å². The zero-order chi connectivity index (χ0) is 12.6. The Kier molecular flexibility index (Phi) is 2.85. The van der Waals surface area contributed by atoms with E-state index in [0.717, 1.165) is 16.6 Å². The summed E-state index contributed by atoms with van der Waals surface area (Å²) in [6.45, 7) is 1.92. The molecule has 1 heterocycles. The first-order valence-corrected chi connectivity index (χ1v) is 5.23. The van der Waals surface area contributed by atoms with Crippen LogP contribution in [-0.4, -0.2) is 28.0 Å². The molecule has 1 atom stereocenters. The maximum absolute atomic E-state index is 11.2. The molecular weight excluding hydrogens is 220 g/mol. The number of aromatic nitrogens is 2. The molecule has 2 aromatic rings. The third-order valence-corrected chi connectivity index (χ3v) is 2.80. The monoisotopic (exact) mass is 234 g/mol. The highest BCUT2D eigenvalue weighted by Crippen LogP contribution is 2.22. The van der Waals surface area contributed by atoms with Crippen molar-refractivity contribution in [2.45, 2.75) is 13.0 Å². The number of methoxy groups -OCH3 is 1. The Morgan fingerprint density at radius 1 is 1.53 bits per heavy atom. The number of aliphatic hydroxyl groups excluding tert-OH is 1. The second-order valence-corrected chi connectivity index (χ2v) is 3.91. The van der Waals surface area contributed by atoms with Gasteiger partial charge < -0.3 is 9.84 Å². The predicted molar refractivity (Wildman–Crippen MR) is 62.4 cm³/mol. The zero-order valence-electron chi connectivity index (χ0n) is 9.97. The summed E-state index contributed by atoms with van der Waals surface area (Å²) >= 11 is 0. The number of fused-ring (bicyclic) bond motifs is 1. The van der Waals surface area contributed by atoms with Gasteiger partial charge >= 0.3 is 5.97 Å². The Bertz CT molecular complexity index is 574. The highest BCUT2D eigenvalue weighted by atomic mass is 16.5. The summed E-state index contributed by atoms with van der Waals surface area (Å²) in [4.78, 5) is 11.2. The van der Waals surface area contributed by atoms with Crippen LogP contribution >= 0.6 is 0 Å². The molecule has 90 valence electrons. The van der Waals surface area contributed by atoms with Crippen molar-refractivity contribution in [2.75, 3.05) is 7.11 Å². The minimum atomic E-state index is -1.25. The van der Waals surface area contributed by atoms with Crippen LogP contribution in [0.25, 0.3) is 10.9 Å². The molecule has 0 aliphatic carbocycles. The quantitative estimate of drug-likeness (QED) is 0.790. The topological polar surface area (TPSA) is 64.3 Å². The summed E-state index contributed by atoms with van der Waals surface area (Å²) in [6, 6.07) is 5.30. The standard InChI is InChI=1S/C12H14N2O3/c1-7-9-5-4-8(11(15)12(16)17-3)6-10(9)14(2)13-7/h4-6,11,15H,1-3H3. The number of nitrogens with zero attached hydrogens (tertiary/aromatic N) is 2. The third kappa shape index (κ3) is 1.89. The second kappa shape index (κ2) is 4.18. The Labute approximate surface area is 98.6 Å². The van der Waals surface area contributed by atoms with E-state index < -0.39 is 12.1 Å². The second-order valence-electron chi connectivity index (χ2n) is 3.91. The summed E-state index contributed by atoms with van der Waals surface area (Å²) in [7, 11) is 3.07. The molecule has 1 aromatic carbocycles. The lowest BCUT2D eigenvalue weighted by molar-refractivity contribution is -0.150. The van der Waals surface area contributed by atoms with E-state index in [0.29, 0.717) is 5.56 Å². The van der Waals surface area contributed by atoms with Gasteiger partial charge in [-0.3, -0.25) is 4.68 Å². The lowest BCUT2D eigenvalue weighted by Gasteiger charge is -2.08. The average Bonchev–Trinajstić information content (AvgIpc) is 2.62. The fourth-order valence-corrected chi connectivity index (χ4v) is 1.87. The highest BCUT2D eigenvalue weighted by Gasteiger charge is 2.19. The fraction of sp³-hybridized carbons (Fsp3) is 0.333. The van der Waals surface area contributed by atoms with Crippen molar-refractivity contribution in [1.82, 2.24) is 9.78 Å². The lowest BCUT2D eigenvalue weighted by atomic mass is 10.1. The number of aryl methyl sites for hydroxylation is 2. The molecule has 5 heteroatoms. The first-order valence-electron chi connectivity index (χ1n) is 5.23. The van der Waals surface area contributed by atoms with Crippen molar-refractivity contribution in [1.29, 1.82) is 0 Å². The minimum Gasteiger partial charge on any atom is -0.467 e. The summed E-state index contributed by atoms with van der Waals surface area (Å²) in [6.07, 6.45) is -1.25. The van der Waals surface area contributed by atoms with Gasteiger partial charge in [-0.15, -0.1) is 0 Å². The first-order chi connectivity index (χ1) is 8.04. The van der Waals surface area contributed by atoms with Crippen molar-refractivity contribution < 1.29 is 14.6 Å². The maximum Gasteiger partial charge on any atom is 0.339 e. The molecule has 1 aromatic heterocycles. The van der Waals surface area contributed by atoms with Gasteiger partial charge in [0.2, 0.25) is 0 Å².